The van der Waals surface area contributed by atoms with Crippen LogP contribution in [0.15, 0.2) is 29.2 Å². The number of hydrogen-bond acceptors (Lipinski definition) is 1. The molecule has 156 valence electrons. The van der Waals surface area contributed by atoms with Crippen molar-refractivity contribution in [3.05, 3.63) is 30.1 Å². The molecular weight excluding hydrogens is 442 g/mol. The first-order chi connectivity index (χ1) is 11.7. The van der Waals surface area contributed by atoms with E-state index in [0.29, 0.717) is 0 Å². The van der Waals surface area contributed by atoms with Crippen molar-refractivity contribution in [2.75, 3.05) is 0 Å². The van der Waals surface area contributed by atoms with Gasteiger partial charge in [0, 0.05) is 4.90 Å². The Morgan fingerprint density at radius 2 is 0.889 bits per heavy atom. The molecule has 0 saturated carbocycles. The van der Waals surface area contributed by atoms with E-state index >= 15 is 0 Å². The Morgan fingerprint density at radius 3 is 1.19 bits per heavy atom. The molecule has 0 aliphatic carbocycles. The van der Waals surface area contributed by atoms with Gasteiger partial charge in [0.25, 0.3) is 4.75 Å². The second kappa shape index (κ2) is 6.58. The second-order valence-corrected chi connectivity index (χ2v) is 6.17. The fraction of sp³-hybridized carbons (Fsp3) is 0.500. The first-order valence-corrected chi connectivity index (χ1v) is 6.94. The Hall–Kier alpha value is -1.41. The van der Waals surface area contributed by atoms with Crippen LogP contribution in [0.3, 0.4) is 0 Å². The first kappa shape index (κ1) is 23.6. The minimum absolute atomic E-state index is 0.0774. The molecule has 0 amide bonds. The van der Waals surface area contributed by atoms with E-state index in [-0.39, 0.29) is 24.3 Å². The lowest BCUT2D eigenvalue weighted by Crippen LogP contribution is -2.73. The van der Waals surface area contributed by atoms with Gasteiger partial charge in [-0.1, -0.05) is 11.8 Å². The summed E-state index contributed by atoms with van der Waals surface area (Å²) in [7, 11) is 0. The lowest BCUT2D eigenvalue weighted by atomic mass is 9.92. The Balaban J connectivity index is 3.85. The number of rotatable bonds is 4. The summed E-state index contributed by atoms with van der Waals surface area (Å²) in [4.78, 5) is -1.48. The van der Waals surface area contributed by atoms with Gasteiger partial charge in [-0.25, -0.2) is 4.39 Å². The van der Waals surface area contributed by atoms with Crippen molar-refractivity contribution in [2.24, 2.45) is 0 Å². The number of alkyl halides is 13. The van der Waals surface area contributed by atoms with Crippen LogP contribution in [0.4, 0.5) is 61.5 Å². The molecule has 0 aromatic heterocycles. The highest BCUT2D eigenvalue weighted by Crippen LogP contribution is 2.66. The van der Waals surface area contributed by atoms with Crippen LogP contribution in [-0.2, 0) is 0 Å². The molecule has 0 saturated heterocycles. The van der Waals surface area contributed by atoms with Crippen LogP contribution < -0.4 is 0 Å². The summed E-state index contributed by atoms with van der Waals surface area (Å²) in [5.74, 6) is -16.7. The second-order valence-electron chi connectivity index (χ2n) is 4.88. The zero-order valence-corrected chi connectivity index (χ0v) is 12.8. The molecule has 0 radical (unpaired) electrons. The third-order valence-electron chi connectivity index (χ3n) is 3.08. The molecule has 27 heavy (non-hydrogen) atoms. The van der Waals surface area contributed by atoms with Gasteiger partial charge in [0.05, 0.1) is 0 Å². The number of halogens is 14. The summed E-state index contributed by atoms with van der Waals surface area (Å²) in [6.07, 6.45) is -22.1. The summed E-state index contributed by atoms with van der Waals surface area (Å²) in [5.41, 5.74) is 0. The van der Waals surface area contributed by atoms with E-state index in [4.69, 9.17) is 0 Å². The fourth-order valence-corrected chi connectivity index (χ4v) is 2.89. The van der Waals surface area contributed by atoms with Crippen LogP contribution in [0.2, 0.25) is 0 Å². The van der Waals surface area contributed by atoms with Crippen LogP contribution >= 0.6 is 11.8 Å². The third-order valence-corrected chi connectivity index (χ3v) is 4.61. The maximum atomic E-state index is 13.8. The van der Waals surface area contributed by atoms with E-state index in [1.54, 1.807) is 0 Å². The predicted octanol–water partition coefficient (Wildman–Crippen LogP) is 6.61. The van der Waals surface area contributed by atoms with Gasteiger partial charge in [-0.3, -0.25) is 0 Å². The standard InChI is InChI=1S/C12H4F14S/c13-5-1-3-6(4-2-5)27-7(10(18,19)20,11(21,22)23)8(14,15)9(16,17)12(24,25)26/h1-4H. The average Bonchev–Trinajstić information content (AvgIpc) is 2.42. The Bertz CT molecular complexity index is 637. The molecular formula is C12H4F14S. The summed E-state index contributed by atoms with van der Waals surface area (Å²) in [5, 5.41) is 0. The molecule has 0 bridgehead atoms. The van der Waals surface area contributed by atoms with E-state index in [1.165, 1.54) is 0 Å². The summed E-state index contributed by atoms with van der Waals surface area (Å²) in [6, 6.07) is 0.544. The number of hydrogen-bond donors (Lipinski definition) is 0. The highest BCUT2D eigenvalue weighted by Gasteiger charge is 2.92. The van der Waals surface area contributed by atoms with E-state index in [1.807, 2.05) is 0 Å². The molecule has 1 rings (SSSR count). The van der Waals surface area contributed by atoms with Crippen molar-refractivity contribution in [1.29, 1.82) is 0 Å². The van der Waals surface area contributed by atoms with Crippen molar-refractivity contribution in [3.8, 4) is 0 Å². The van der Waals surface area contributed by atoms with Crippen LogP contribution in [0.1, 0.15) is 0 Å². The van der Waals surface area contributed by atoms with Gasteiger partial charge in [0.1, 0.15) is 5.82 Å². The fourth-order valence-electron chi connectivity index (χ4n) is 1.78. The van der Waals surface area contributed by atoms with Crippen molar-refractivity contribution in [3.63, 3.8) is 0 Å². The zero-order chi connectivity index (χ0) is 21.7. The largest absolute Gasteiger partial charge is 0.459 e. The third kappa shape index (κ3) is 3.66. The molecule has 0 atom stereocenters. The Kier molecular flexibility index (Phi) is 5.76. The summed E-state index contributed by atoms with van der Waals surface area (Å²) < 4.78 is 174. The van der Waals surface area contributed by atoms with Gasteiger partial charge in [-0.05, 0) is 24.3 Å². The first-order valence-electron chi connectivity index (χ1n) is 6.13. The normalized spacial score (nSPS) is 15.2. The summed E-state index contributed by atoms with van der Waals surface area (Å²) >= 11 is -2.04. The molecule has 0 spiro atoms. The van der Waals surface area contributed by atoms with Gasteiger partial charge in [0.2, 0.25) is 0 Å². The van der Waals surface area contributed by atoms with E-state index in [9.17, 15) is 61.5 Å². The molecule has 0 aliphatic rings. The van der Waals surface area contributed by atoms with Crippen LogP contribution in [0.5, 0.6) is 0 Å². The van der Waals surface area contributed by atoms with Gasteiger partial charge < -0.3 is 0 Å². The molecule has 0 nitrogen and oxygen atoms in total. The highest BCUT2D eigenvalue weighted by atomic mass is 32.2. The number of thioether (sulfide) groups is 1. The topological polar surface area (TPSA) is 0 Å². The molecule has 0 unspecified atom stereocenters. The zero-order valence-electron chi connectivity index (χ0n) is 12.0. The quantitative estimate of drug-likeness (QED) is 0.371. The number of benzene rings is 1. The highest BCUT2D eigenvalue weighted by molar-refractivity contribution is 8.01. The van der Waals surface area contributed by atoms with E-state index in [0.717, 1.165) is 0 Å². The van der Waals surface area contributed by atoms with Crippen LogP contribution in [0.25, 0.3) is 0 Å². The monoisotopic (exact) mass is 446 g/mol. The van der Waals surface area contributed by atoms with Gasteiger partial charge in [0.15, 0.2) is 0 Å². The average molecular weight is 446 g/mol. The minimum atomic E-state index is -7.73. The predicted molar refractivity (Wildman–Crippen MR) is 63.0 cm³/mol. The smallest absolute Gasteiger partial charge is 0.207 e. The molecule has 0 heterocycles. The molecule has 15 heteroatoms. The van der Waals surface area contributed by atoms with Crippen molar-refractivity contribution in [1.82, 2.24) is 0 Å². The maximum absolute atomic E-state index is 13.8. The molecule has 1 aromatic carbocycles. The van der Waals surface area contributed by atoms with Crippen molar-refractivity contribution >= 4 is 11.8 Å². The minimum Gasteiger partial charge on any atom is -0.207 e. The van der Waals surface area contributed by atoms with E-state index < -0.39 is 57.6 Å². The van der Waals surface area contributed by atoms with E-state index in [2.05, 4.69) is 0 Å². The van der Waals surface area contributed by atoms with Crippen LogP contribution in [0, 0.1) is 5.82 Å². The van der Waals surface area contributed by atoms with Gasteiger partial charge >= 0.3 is 30.4 Å². The lowest BCUT2D eigenvalue weighted by Gasteiger charge is -2.44. The van der Waals surface area contributed by atoms with Crippen molar-refractivity contribution < 1.29 is 61.5 Å². The van der Waals surface area contributed by atoms with Crippen LogP contribution in [-0.4, -0.2) is 35.1 Å². The Labute approximate surface area is 144 Å². The van der Waals surface area contributed by atoms with Crippen molar-refractivity contribution in [2.45, 2.75) is 40.0 Å². The molecule has 0 fully saturated rings. The summed E-state index contributed by atoms with van der Waals surface area (Å²) in [6.45, 7) is 0. The molecule has 0 aliphatic heterocycles. The maximum Gasteiger partial charge on any atom is 0.459 e. The Morgan fingerprint density at radius 1 is 0.519 bits per heavy atom. The SMILES string of the molecule is Fc1ccc(SC(C(F)(F)F)(C(F)(F)F)C(F)(F)C(F)(F)C(F)(F)F)cc1. The van der Waals surface area contributed by atoms with Gasteiger partial charge in [-0.15, -0.1) is 0 Å². The van der Waals surface area contributed by atoms with Gasteiger partial charge in [-0.2, -0.15) is 57.1 Å². The molecule has 0 N–H and O–H groups in total. The molecule has 1 aromatic rings. The lowest BCUT2D eigenvalue weighted by molar-refractivity contribution is -0.406.